The highest BCUT2D eigenvalue weighted by Gasteiger charge is 2.14. The largest absolute Gasteiger partial charge is 0.381 e. The van der Waals surface area contributed by atoms with E-state index >= 15 is 0 Å². The highest BCUT2D eigenvalue weighted by molar-refractivity contribution is 14.1. The molecule has 2 aromatic rings. The molecule has 2 aromatic carbocycles. The lowest BCUT2D eigenvalue weighted by Crippen LogP contribution is -2.01. The Labute approximate surface area is 132 Å². The number of nitrogens with zero attached hydrogens (tertiary/aromatic N) is 1. The average molecular weight is 433 g/mol. The molecule has 0 saturated carbocycles. The van der Waals surface area contributed by atoms with Gasteiger partial charge in [0.15, 0.2) is 0 Å². The molecule has 4 nitrogen and oxygen atoms in total. The van der Waals surface area contributed by atoms with Crippen molar-refractivity contribution in [2.24, 2.45) is 0 Å². The fourth-order valence-electron chi connectivity index (χ4n) is 1.64. The summed E-state index contributed by atoms with van der Waals surface area (Å²) in [6, 6.07) is 13.0. The number of hydrogen-bond acceptors (Lipinski definition) is 3. The van der Waals surface area contributed by atoms with E-state index in [0.29, 0.717) is 11.0 Å². The number of halogens is 2. The van der Waals surface area contributed by atoms with Crippen LogP contribution < -0.4 is 5.32 Å². The standard InChI is InChI=1S/C13H10BrIN2O2/c14-13-9(3-1-6-12(13)17(18)19)8-16-11-5-2-4-10(15)7-11/h1-7,16H,8H2. The Hall–Kier alpha value is -1.15. The number of nitro groups is 1. The maximum absolute atomic E-state index is 10.8. The number of anilines is 1. The van der Waals surface area contributed by atoms with Crippen molar-refractivity contribution in [3.05, 3.63) is 66.2 Å². The lowest BCUT2D eigenvalue weighted by Gasteiger charge is -2.08. The van der Waals surface area contributed by atoms with Crippen LogP contribution in [-0.2, 0) is 6.54 Å². The third kappa shape index (κ3) is 3.66. The van der Waals surface area contributed by atoms with Crippen LogP contribution in [0, 0.1) is 13.7 Å². The first-order chi connectivity index (χ1) is 9.08. The maximum Gasteiger partial charge on any atom is 0.283 e. The second-order valence-electron chi connectivity index (χ2n) is 3.87. The molecular formula is C13H10BrIN2O2. The Morgan fingerprint density at radius 3 is 2.68 bits per heavy atom. The number of rotatable bonds is 4. The molecule has 0 saturated heterocycles. The molecule has 2 rings (SSSR count). The lowest BCUT2D eigenvalue weighted by atomic mass is 10.2. The monoisotopic (exact) mass is 432 g/mol. The van der Waals surface area contributed by atoms with Gasteiger partial charge in [-0.2, -0.15) is 0 Å². The van der Waals surface area contributed by atoms with Crippen molar-refractivity contribution in [1.82, 2.24) is 0 Å². The Balaban J connectivity index is 2.16. The number of hydrogen-bond donors (Lipinski definition) is 1. The molecule has 0 aromatic heterocycles. The second-order valence-corrected chi connectivity index (χ2v) is 5.91. The molecule has 0 fully saturated rings. The molecule has 0 aliphatic heterocycles. The van der Waals surface area contributed by atoms with Crippen molar-refractivity contribution in [2.75, 3.05) is 5.32 Å². The molecule has 6 heteroatoms. The number of benzene rings is 2. The fourth-order valence-corrected chi connectivity index (χ4v) is 2.73. The summed E-state index contributed by atoms with van der Waals surface area (Å²) in [4.78, 5) is 10.5. The minimum absolute atomic E-state index is 0.0851. The van der Waals surface area contributed by atoms with Crippen LogP contribution in [0.1, 0.15) is 5.56 Å². The van der Waals surface area contributed by atoms with Crippen molar-refractivity contribution in [3.63, 3.8) is 0 Å². The van der Waals surface area contributed by atoms with Gasteiger partial charge in [-0.25, -0.2) is 0 Å². The predicted octanol–water partition coefficient (Wildman–Crippen LogP) is 4.57. The molecule has 98 valence electrons. The highest BCUT2D eigenvalue weighted by Crippen LogP contribution is 2.28. The molecule has 1 N–H and O–H groups in total. The van der Waals surface area contributed by atoms with Crippen LogP contribution in [0.3, 0.4) is 0 Å². The van der Waals surface area contributed by atoms with E-state index in [9.17, 15) is 10.1 Å². The van der Waals surface area contributed by atoms with Gasteiger partial charge in [0, 0.05) is 21.9 Å². The van der Waals surface area contributed by atoms with Crippen LogP contribution in [0.4, 0.5) is 11.4 Å². The summed E-state index contributed by atoms with van der Waals surface area (Å²) in [7, 11) is 0. The molecular weight excluding hydrogens is 423 g/mol. The van der Waals surface area contributed by atoms with Crippen molar-refractivity contribution in [3.8, 4) is 0 Å². The van der Waals surface area contributed by atoms with Crippen LogP contribution in [0.2, 0.25) is 0 Å². The SMILES string of the molecule is O=[N+]([O-])c1cccc(CNc2cccc(I)c2)c1Br. The Kier molecular flexibility index (Phi) is 4.76. The zero-order valence-corrected chi connectivity index (χ0v) is 13.5. The summed E-state index contributed by atoms with van der Waals surface area (Å²) in [6.07, 6.45) is 0. The van der Waals surface area contributed by atoms with E-state index in [-0.39, 0.29) is 10.6 Å². The molecule has 0 atom stereocenters. The molecule has 0 aliphatic rings. The van der Waals surface area contributed by atoms with Gasteiger partial charge in [-0.15, -0.1) is 0 Å². The molecule has 0 bridgehead atoms. The van der Waals surface area contributed by atoms with Gasteiger partial charge in [-0.1, -0.05) is 18.2 Å². The summed E-state index contributed by atoms with van der Waals surface area (Å²) < 4.78 is 1.67. The van der Waals surface area contributed by atoms with E-state index in [0.717, 1.165) is 14.8 Å². The summed E-state index contributed by atoms with van der Waals surface area (Å²) in [6.45, 7) is 0.530. The average Bonchev–Trinajstić information content (AvgIpc) is 2.37. The van der Waals surface area contributed by atoms with E-state index < -0.39 is 0 Å². The van der Waals surface area contributed by atoms with E-state index in [1.54, 1.807) is 6.07 Å². The number of nitro benzene ring substituents is 1. The predicted molar refractivity (Wildman–Crippen MR) is 87.3 cm³/mol. The molecule has 0 unspecified atom stereocenters. The number of nitrogens with one attached hydrogen (secondary N) is 1. The first-order valence-electron chi connectivity index (χ1n) is 5.49. The van der Waals surface area contributed by atoms with Gasteiger partial charge in [0.1, 0.15) is 4.47 Å². The van der Waals surface area contributed by atoms with Gasteiger partial charge in [-0.05, 0) is 62.3 Å². The second kappa shape index (κ2) is 6.33. The third-order valence-electron chi connectivity index (χ3n) is 2.56. The summed E-state index contributed by atoms with van der Waals surface area (Å²) in [5.41, 5.74) is 1.93. The van der Waals surface area contributed by atoms with Crippen LogP contribution in [0.25, 0.3) is 0 Å². The van der Waals surface area contributed by atoms with Crippen LogP contribution >= 0.6 is 38.5 Å². The van der Waals surface area contributed by atoms with Crippen molar-refractivity contribution in [1.29, 1.82) is 0 Å². The smallest absolute Gasteiger partial charge is 0.283 e. The van der Waals surface area contributed by atoms with Gasteiger partial charge in [-0.3, -0.25) is 10.1 Å². The van der Waals surface area contributed by atoms with Crippen LogP contribution in [0.5, 0.6) is 0 Å². The Morgan fingerprint density at radius 2 is 2.00 bits per heavy atom. The first-order valence-corrected chi connectivity index (χ1v) is 7.36. The molecule has 0 heterocycles. The molecule has 0 aliphatic carbocycles. The normalized spacial score (nSPS) is 10.2. The van der Waals surface area contributed by atoms with Gasteiger partial charge in [0.25, 0.3) is 5.69 Å². The van der Waals surface area contributed by atoms with Crippen molar-refractivity contribution >= 4 is 49.9 Å². The first kappa shape index (κ1) is 14.3. The minimum atomic E-state index is -0.390. The Morgan fingerprint density at radius 1 is 1.26 bits per heavy atom. The summed E-state index contributed by atoms with van der Waals surface area (Å²) in [5.74, 6) is 0. The van der Waals surface area contributed by atoms with Crippen LogP contribution in [-0.4, -0.2) is 4.92 Å². The van der Waals surface area contributed by atoms with E-state index in [2.05, 4.69) is 43.8 Å². The summed E-state index contributed by atoms with van der Waals surface area (Å²) in [5, 5.41) is 14.1. The topological polar surface area (TPSA) is 55.2 Å². The van der Waals surface area contributed by atoms with Crippen molar-refractivity contribution < 1.29 is 4.92 Å². The van der Waals surface area contributed by atoms with E-state index in [1.807, 2.05) is 30.3 Å². The Bertz CT molecular complexity index is 619. The molecule has 0 amide bonds. The highest BCUT2D eigenvalue weighted by atomic mass is 127. The third-order valence-corrected chi connectivity index (χ3v) is 4.15. The van der Waals surface area contributed by atoms with Gasteiger partial charge < -0.3 is 5.32 Å². The summed E-state index contributed by atoms with van der Waals surface area (Å²) >= 11 is 5.53. The maximum atomic E-state index is 10.8. The van der Waals surface area contributed by atoms with Crippen molar-refractivity contribution in [2.45, 2.75) is 6.54 Å². The van der Waals surface area contributed by atoms with Gasteiger partial charge in [0.05, 0.1) is 4.92 Å². The zero-order chi connectivity index (χ0) is 13.8. The molecule has 0 spiro atoms. The van der Waals surface area contributed by atoms with Gasteiger partial charge in [0.2, 0.25) is 0 Å². The van der Waals surface area contributed by atoms with Crippen LogP contribution in [0.15, 0.2) is 46.9 Å². The minimum Gasteiger partial charge on any atom is -0.381 e. The quantitative estimate of drug-likeness (QED) is 0.437. The fraction of sp³-hybridized carbons (Fsp3) is 0.0769. The molecule has 0 radical (unpaired) electrons. The van der Waals surface area contributed by atoms with E-state index in [4.69, 9.17) is 0 Å². The lowest BCUT2D eigenvalue weighted by molar-refractivity contribution is -0.385. The zero-order valence-electron chi connectivity index (χ0n) is 9.77. The molecule has 19 heavy (non-hydrogen) atoms. The van der Waals surface area contributed by atoms with Gasteiger partial charge >= 0.3 is 0 Å². The van der Waals surface area contributed by atoms with E-state index in [1.165, 1.54) is 6.07 Å².